The van der Waals surface area contributed by atoms with Crippen LogP contribution >= 0.6 is 0 Å². The third-order valence-electron chi connectivity index (χ3n) is 2.87. The SMILES string of the molecule is CCC1OCCC1C(=O)NC1CC1. The van der Waals surface area contributed by atoms with Gasteiger partial charge in [-0.3, -0.25) is 4.79 Å². The molecule has 0 aromatic rings. The first kappa shape index (κ1) is 9.00. The van der Waals surface area contributed by atoms with Crippen LogP contribution in [0.5, 0.6) is 0 Å². The van der Waals surface area contributed by atoms with Crippen molar-refractivity contribution in [2.24, 2.45) is 5.92 Å². The third-order valence-corrected chi connectivity index (χ3v) is 2.87. The van der Waals surface area contributed by atoms with E-state index in [9.17, 15) is 4.79 Å². The van der Waals surface area contributed by atoms with E-state index in [4.69, 9.17) is 4.74 Å². The summed E-state index contributed by atoms with van der Waals surface area (Å²) in [6.45, 7) is 2.83. The van der Waals surface area contributed by atoms with Crippen LogP contribution in [0, 0.1) is 5.92 Å². The lowest BCUT2D eigenvalue weighted by molar-refractivity contribution is -0.126. The molecule has 3 heteroatoms. The largest absolute Gasteiger partial charge is 0.377 e. The van der Waals surface area contributed by atoms with Crippen LogP contribution in [-0.4, -0.2) is 24.7 Å². The molecular weight excluding hydrogens is 166 g/mol. The van der Waals surface area contributed by atoms with E-state index in [2.05, 4.69) is 12.2 Å². The van der Waals surface area contributed by atoms with Gasteiger partial charge in [-0.1, -0.05) is 6.92 Å². The molecule has 1 heterocycles. The van der Waals surface area contributed by atoms with Crippen molar-refractivity contribution in [3.63, 3.8) is 0 Å². The summed E-state index contributed by atoms with van der Waals surface area (Å²) in [6, 6.07) is 0.477. The lowest BCUT2D eigenvalue weighted by atomic mass is 9.99. The van der Waals surface area contributed by atoms with E-state index in [0.717, 1.165) is 32.3 Å². The third kappa shape index (κ3) is 2.02. The second-order valence-electron chi connectivity index (χ2n) is 4.00. The van der Waals surface area contributed by atoms with E-state index in [-0.39, 0.29) is 17.9 Å². The maximum Gasteiger partial charge on any atom is 0.226 e. The Morgan fingerprint density at radius 2 is 2.23 bits per heavy atom. The number of carbonyl (C=O) groups excluding carboxylic acids is 1. The van der Waals surface area contributed by atoms with Gasteiger partial charge in [-0.05, 0) is 25.7 Å². The number of hydrogen-bond acceptors (Lipinski definition) is 2. The van der Waals surface area contributed by atoms with Gasteiger partial charge in [-0.2, -0.15) is 0 Å². The number of ether oxygens (including phenoxy) is 1. The van der Waals surface area contributed by atoms with Gasteiger partial charge in [0.1, 0.15) is 0 Å². The fourth-order valence-electron chi connectivity index (χ4n) is 1.89. The van der Waals surface area contributed by atoms with Crippen LogP contribution in [-0.2, 0) is 9.53 Å². The Bertz CT molecular complexity index is 201. The van der Waals surface area contributed by atoms with Gasteiger partial charge >= 0.3 is 0 Å². The molecule has 2 unspecified atom stereocenters. The zero-order valence-corrected chi connectivity index (χ0v) is 8.08. The molecule has 1 amide bonds. The number of nitrogens with one attached hydrogen (secondary N) is 1. The lowest BCUT2D eigenvalue weighted by Crippen LogP contribution is -2.36. The van der Waals surface area contributed by atoms with E-state index < -0.39 is 0 Å². The van der Waals surface area contributed by atoms with Crippen molar-refractivity contribution in [2.45, 2.75) is 44.8 Å². The molecular formula is C10H17NO2. The Kier molecular flexibility index (Phi) is 2.54. The van der Waals surface area contributed by atoms with Crippen molar-refractivity contribution in [1.82, 2.24) is 5.32 Å². The molecule has 2 aliphatic rings. The first-order valence-electron chi connectivity index (χ1n) is 5.23. The second kappa shape index (κ2) is 3.66. The molecule has 2 rings (SSSR count). The van der Waals surface area contributed by atoms with Gasteiger partial charge < -0.3 is 10.1 Å². The Morgan fingerprint density at radius 3 is 2.85 bits per heavy atom. The highest BCUT2D eigenvalue weighted by Gasteiger charge is 2.35. The molecule has 0 bridgehead atoms. The predicted octanol–water partition coefficient (Wildman–Crippen LogP) is 1.08. The molecule has 3 nitrogen and oxygen atoms in total. The molecule has 1 aliphatic heterocycles. The molecule has 1 aliphatic carbocycles. The molecule has 74 valence electrons. The Labute approximate surface area is 78.8 Å². The highest BCUT2D eigenvalue weighted by molar-refractivity contribution is 5.80. The van der Waals surface area contributed by atoms with Gasteiger partial charge in [0.05, 0.1) is 12.0 Å². The van der Waals surface area contributed by atoms with Crippen molar-refractivity contribution in [2.75, 3.05) is 6.61 Å². The summed E-state index contributed by atoms with van der Waals surface area (Å²) >= 11 is 0. The molecule has 0 aromatic heterocycles. The van der Waals surface area contributed by atoms with Crippen LogP contribution in [0.15, 0.2) is 0 Å². The fourth-order valence-corrected chi connectivity index (χ4v) is 1.89. The number of rotatable bonds is 3. The summed E-state index contributed by atoms with van der Waals surface area (Å²) in [5, 5.41) is 3.04. The van der Waals surface area contributed by atoms with Crippen LogP contribution in [0.4, 0.5) is 0 Å². The average Bonchev–Trinajstić information content (AvgIpc) is 2.82. The van der Waals surface area contributed by atoms with E-state index in [1.54, 1.807) is 0 Å². The molecule has 0 aromatic carbocycles. The van der Waals surface area contributed by atoms with Crippen molar-refractivity contribution in [3.05, 3.63) is 0 Å². The predicted molar refractivity (Wildman–Crippen MR) is 49.3 cm³/mol. The van der Waals surface area contributed by atoms with Gasteiger partial charge in [0.15, 0.2) is 0 Å². The Hall–Kier alpha value is -0.570. The van der Waals surface area contributed by atoms with Gasteiger partial charge in [0, 0.05) is 12.6 Å². The first-order chi connectivity index (χ1) is 6.31. The molecule has 13 heavy (non-hydrogen) atoms. The maximum absolute atomic E-state index is 11.7. The minimum Gasteiger partial charge on any atom is -0.377 e. The monoisotopic (exact) mass is 183 g/mol. The molecule has 0 radical (unpaired) electrons. The minimum atomic E-state index is 0.116. The average molecular weight is 183 g/mol. The normalized spacial score (nSPS) is 33.3. The molecule has 1 saturated carbocycles. The molecule has 1 saturated heterocycles. The van der Waals surface area contributed by atoms with Crippen molar-refractivity contribution >= 4 is 5.91 Å². The standard InChI is InChI=1S/C10H17NO2/c1-2-9-8(5-6-13-9)10(12)11-7-3-4-7/h7-9H,2-6H2,1H3,(H,11,12). The Balaban J connectivity index is 1.86. The number of carbonyl (C=O) groups is 1. The van der Waals surface area contributed by atoms with Crippen molar-refractivity contribution in [1.29, 1.82) is 0 Å². The first-order valence-corrected chi connectivity index (χ1v) is 5.23. The summed E-state index contributed by atoms with van der Waals surface area (Å²) < 4.78 is 5.48. The maximum atomic E-state index is 11.7. The molecule has 2 fully saturated rings. The van der Waals surface area contributed by atoms with E-state index in [0.29, 0.717) is 6.04 Å². The number of amides is 1. The summed E-state index contributed by atoms with van der Waals surface area (Å²) in [5.74, 6) is 0.331. The quantitative estimate of drug-likeness (QED) is 0.711. The smallest absolute Gasteiger partial charge is 0.226 e. The van der Waals surface area contributed by atoms with Crippen LogP contribution in [0.1, 0.15) is 32.6 Å². The summed E-state index contributed by atoms with van der Waals surface area (Å²) in [5.41, 5.74) is 0. The Morgan fingerprint density at radius 1 is 1.46 bits per heavy atom. The summed E-state index contributed by atoms with van der Waals surface area (Å²) in [7, 11) is 0. The van der Waals surface area contributed by atoms with Gasteiger partial charge in [0.2, 0.25) is 5.91 Å². The van der Waals surface area contributed by atoms with Crippen LogP contribution in [0.25, 0.3) is 0 Å². The highest BCUT2D eigenvalue weighted by atomic mass is 16.5. The lowest BCUT2D eigenvalue weighted by Gasteiger charge is -2.15. The number of hydrogen-bond donors (Lipinski definition) is 1. The van der Waals surface area contributed by atoms with Crippen LogP contribution < -0.4 is 5.32 Å². The van der Waals surface area contributed by atoms with E-state index >= 15 is 0 Å². The van der Waals surface area contributed by atoms with E-state index in [1.807, 2.05) is 0 Å². The van der Waals surface area contributed by atoms with Crippen LogP contribution in [0.2, 0.25) is 0 Å². The summed E-state index contributed by atoms with van der Waals surface area (Å²) in [6.07, 6.45) is 4.34. The second-order valence-corrected chi connectivity index (χ2v) is 4.00. The van der Waals surface area contributed by atoms with Crippen LogP contribution in [0.3, 0.4) is 0 Å². The topological polar surface area (TPSA) is 38.3 Å². The fraction of sp³-hybridized carbons (Fsp3) is 0.900. The molecule has 1 N–H and O–H groups in total. The molecule has 2 atom stereocenters. The minimum absolute atomic E-state index is 0.116. The summed E-state index contributed by atoms with van der Waals surface area (Å²) in [4.78, 5) is 11.7. The van der Waals surface area contributed by atoms with Gasteiger partial charge in [0.25, 0.3) is 0 Å². The van der Waals surface area contributed by atoms with Gasteiger partial charge in [-0.25, -0.2) is 0 Å². The van der Waals surface area contributed by atoms with Crippen molar-refractivity contribution in [3.8, 4) is 0 Å². The van der Waals surface area contributed by atoms with Gasteiger partial charge in [-0.15, -0.1) is 0 Å². The van der Waals surface area contributed by atoms with Crippen molar-refractivity contribution < 1.29 is 9.53 Å². The highest BCUT2D eigenvalue weighted by Crippen LogP contribution is 2.26. The molecule has 0 spiro atoms. The zero-order chi connectivity index (χ0) is 9.26. The van der Waals surface area contributed by atoms with E-state index in [1.165, 1.54) is 0 Å². The zero-order valence-electron chi connectivity index (χ0n) is 8.08.